The lowest BCUT2D eigenvalue weighted by Crippen LogP contribution is -2.47. The smallest absolute Gasteiger partial charge is 0.314 e. The van der Waals surface area contributed by atoms with Gasteiger partial charge in [-0.2, -0.15) is 0 Å². The normalized spacial score (nSPS) is 19.0. The molecule has 1 atom stereocenters. The number of hydrogen-bond acceptors (Lipinski definition) is 5. The third-order valence-corrected chi connectivity index (χ3v) is 4.12. The van der Waals surface area contributed by atoms with Crippen molar-refractivity contribution in [3.63, 3.8) is 0 Å². The minimum absolute atomic E-state index is 0.0739. The molecule has 1 fully saturated rings. The van der Waals surface area contributed by atoms with Crippen molar-refractivity contribution in [2.45, 2.75) is 12.8 Å². The minimum Gasteiger partial charge on any atom is -0.492 e. The van der Waals surface area contributed by atoms with E-state index in [2.05, 4.69) is 5.32 Å². The molecule has 1 aromatic rings. The fourth-order valence-electron chi connectivity index (χ4n) is 2.85. The van der Waals surface area contributed by atoms with E-state index in [-0.39, 0.29) is 18.6 Å². The Labute approximate surface area is 139 Å². The second-order valence-corrected chi connectivity index (χ2v) is 5.78. The third-order valence-electron chi connectivity index (χ3n) is 4.12. The van der Waals surface area contributed by atoms with Gasteiger partial charge in [-0.25, -0.2) is 4.79 Å². The summed E-state index contributed by atoms with van der Waals surface area (Å²) >= 11 is 0. The van der Waals surface area contributed by atoms with Gasteiger partial charge in [0.15, 0.2) is 11.5 Å². The molecule has 2 aliphatic rings. The minimum atomic E-state index is -0.473. The Morgan fingerprint density at radius 2 is 2.17 bits per heavy atom. The number of hydrogen-bond donors (Lipinski definition) is 2. The van der Waals surface area contributed by atoms with Gasteiger partial charge in [-0.05, 0) is 25.0 Å². The number of ether oxygens (including phenoxy) is 3. The quantitative estimate of drug-likeness (QED) is 0.771. The molecule has 3 N–H and O–H groups in total. The monoisotopic (exact) mass is 335 g/mol. The first kappa shape index (κ1) is 16.2. The molecule has 0 bridgehead atoms. The summed E-state index contributed by atoms with van der Waals surface area (Å²) in [6, 6.07) is 4.87. The molecule has 8 nitrogen and oxygen atoms in total. The molecule has 3 amide bonds. The summed E-state index contributed by atoms with van der Waals surface area (Å²) in [6.45, 7) is 1.95. The van der Waals surface area contributed by atoms with Crippen LogP contribution in [-0.4, -0.2) is 49.9 Å². The number of carbonyl (C=O) groups is 2. The maximum Gasteiger partial charge on any atom is 0.314 e. The molecule has 1 saturated heterocycles. The van der Waals surface area contributed by atoms with Gasteiger partial charge >= 0.3 is 6.03 Å². The number of carbonyl (C=O) groups excluding carboxylic acids is 2. The first-order valence-corrected chi connectivity index (χ1v) is 7.98. The lowest BCUT2D eigenvalue weighted by atomic mass is 9.97. The highest BCUT2D eigenvalue weighted by molar-refractivity contribution is 5.80. The molecular formula is C16H21N3O5. The van der Waals surface area contributed by atoms with Crippen LogP contribution in [0.5, 0.6) is 17.2 Å². The molecular weight excluding hydrogens is 314 g/mol. The van der Waals surface area contributed by atoms with E-state index < -0.39 is 6.03 Å². The van der Waals surface area contributed by atoms with Gasteiger partial charge in [0.05, 0.1) is 12.5 Å². The van der Waals surface area contributed by atoms with Crippen molar-refractivity contribution in [3.05, 3.63) is 18.2 Å². The Morgan fingerprint density at radius 3 is 3.00 bits per heavy atom. The molecule has 0 radical (unpaired) electrons. The first-order valence-electron chi connectivity index (χ1n) is 7.98. The van der Waals surface area contributed by atoms with Crippen LogP contribution >= 0.6 is 0 Å². The van der Waals surface area contributed by atoms with E-state index >= 15 is 0 Å². The Bertz CT molecular complexity index is 622. The number of fused-ring (bicyclic) bond motifs is 1. The fraction of sp³-hybridized carbons (Fsp3) is 0.500. The Balaban J connectivity index is 1.40. The molecule has 8 heteroatoms. The summed E-state index contributed by atoms with van der Waals surface area (Å²) in [5, 5.41) is 2.84. The second kappa shape index (κ2) is 7.29. The zero-order chi connectivity index (χ0) is 16.9. The topological polar surface area (TPSA) is 103 Å². The van der Waals surface area contributed by atoms with E-state index in [9.17, 15) is 9.59 Å². The van der Waals surface area contributed by atoms with E-state index in [1.807, 2.05) is 0 Å². The van der Waals surface area contributed by atoms with E-state index in [0.29, 0.717) is 43.5 Å². The number of amides is 3. The molecule has 24 heavy (non-hydrogen) atoms. The van der Waals surface area contributed by atoms with E-state index in [0.717, 1.165) is 12.8 Å². The fourth-order valence-corrected chi connectivity index (χ4v) is 2.85. The van der Waals surface area contributed by atoms with Gasteiger partial charge in [0, 0.05) is 19.2 Å². The SMILES string of the molecule is NC(=O)N1CCC[C@@H](C(=O)NCCOc2ccc3c(c2)OCO3)C1. The molecule has 130 valence electrons. The average molecular weight is 335 g/mol. The van der Waals surface area contributed by atoms with Crippen molar-refractivity contribution in [2.24, 2.45) is 11.7 Å². The van der Waals surface area contributed by atoms with E-state index in [1.54, 1.807) is 18.2 Å². The molecule has 0 aliphatic carbocycles. The Hall–Kier alpha value is -2.64. The van der Waals surface area contributed by atoms with Gasteiger partial charge in [0.2, 0.25) is 12.7 Å². The lowest BCUT2D eigenvalue weighted by Gasteiger charge is -2.30. The van der Waals surface area contributed by atoms with Crippen molar-refractivity contribution in [2.75, 3.05) is 33.0 Å². The van der Waals surface area contributed by atoms with Crippen LogP contribution in [0.15, 0.2) is 18.2 Å². The molecule has 0 spiro atoms. The van der Waals surface area contributed by atoms with Crippen LogP contribution < -0.4 is 25.3 Å². The molecule has 1 aromatic carbocycles. The number of rotatable bonds is 5. The highest BCUT2D eigenvalue weighted by atomic mass is 16.7. The maximum atomic E-state index is 12.1. The zero-order valence-electron chi connectivity index (χ0n) is 13.3. The second-order valence-electron chi connectivity index (χ2n) is 5.78. The van der Waals surface area contributed by atoms with Gasteiger partial charge in [0.1, 0.15) is 12.4 Å². The predicted octanol–water partition coefficient (Wildman–Crippen LogP) is 0.701. The van der Waals surface area contributed by atoms with Gasteiger partial charge in [0.25, 0.3) is 0 Å². The van der Waals surface area contributed by atoms with Gasteiger partial charge in [-0.1, -0.05) is 0 Å². The molecule has 0 saturated carbocycles. The van der Waals surface area contributed by atoms with Gasteiger partial charge < -0.3 is 30.2 Å². The number of nitrogens with two attached hydrogens (primary N) is 1. The van der Waals surface area contributed by atoms with Crippen LogP contribution in [0.25, 0.3) is 0 Å². The summed E-state index contributed by atoms with van der Waals surface area (Å²) in [6.07, 6.45) is 1.55. The van der Waals surface area contributed by atoms with E-state index in [1.165, 1.54) is 4.90 Å². The molecule has 0 aromatic heterocycles. The highest BCUT2D eigenvalue weighted by Gasteiger charge is 2.27. The summed E-state index contributed by atoms with van der Waals surface area (Å²) in [7, 11) is 0. The van der Waals surface area contributed by atoms with E-state index in [4.69, 9.17) is 19.9 Å². The summed E-state index contributed by atoms with van der Waals surface area (Å²) in [4.78, 5) is 24.9. The zero-order valence-corrected chi connectivity index (χ0v) is 13.3. The highest BCUT2D eigenvalue weighted by Crippen LogP contribution is 2.34. The largest absolute Gasteiger partial charge is 0.492 e. The molecule has 2 aliphatic heterocycles. The number of nitrogens with zero attached hydrogens (tertiary/aromatic N) is 1. The number of primary amides is 1. The van der Waals surface area contributed by atoms with Crippen LogP contribution in [0.3, 0.4) is 0 Å². The molecule has 0 unspecified atom stereocenters. The van der Waals surface area contributed by atoms with Gasteiger partial charge in [-0.15, -0.1) is 0 Å². The maximum absolute atomic E-state index is 12.1. The van der Waals surface area contributed by atoms with Crippen LogP contribution in [0.2, 0.25) is 0 Å². The number of nitrogens with one attached hydrogen (secondary N) is 1. The Kier molecular flexibility index (Phi) is 4.93. The lowest BCUT2D eigenvalue weighted by molar-refractivity contribution is -0.126. The number of likely N-dealkylation sites (tertiary alicyclic amines) is 1. The van der Waals surface area contributed by atoms with Crippen molar-refractivity contribution < 1.29 is 23.8 Å². The van der Waals surface area contributed by atoms with Crippen LogP contribution in [-0.2, 0) is 4.79 Å². The summed E-state index contributed by atoms with van der Waals surface area (Å²) < 4.78 is 16.1. The standard InChI is InChI=1S/C16H21N3O5/c17-16(21)19-6-1-2-11(9-19)15(20)18-5-7-22-12-3-4-13-14(8-12)24-10-23-13/h3-4,8,11H,1-2,5-7,9-10H2,(H2,17,21)(H,18,20)/t11-/m1/s1. The van der Waals surface area contributed by atoms with Crippen LogP contribution in [0.4, 0.5) is 4.79 Å². The Morgan fingerprint density at radius 1 is 1.33 bits per heavy atom. The number of urea groups is 1. The molecule has 3 rings (SSSR count). The average Bonchev–Trinajstić information content (AvgIpc) is 3.06. The van der Waals surface area contributed by atoms with Crippen molar-refractivity contribution >= 4 is 11.9 Å². The van der Waals surface area contributed by atoms with Crippen LogP contribution in [0, 0.1) is 5.92 Å². The van der Waals surface area contributed by atoms with Crippen LogP contribution in [0.1, 0.15) is 12.8 Å². The predicted molar refractivity (Wildman–Crippen MR) is 85.0 cm³/mol. The van der Waals surface area contributed by atoms with Crippen molar-refractivity contribution in [1.29, 1.82) is 0 Å². The summed E-state index contributed by atoms with van der Waals surface area (Å²) in [5.74, 6) is 1.73. The van der Waals surface area contributed by atoms with Crippen molar-refractivity contribution in [1.82, 2.24) is 10.2 Å². The van der Waals surface area contributed by atoms with Gasteiger partial charge in [-0.3, -0.25) is 4.79 Å². The molecule has 2 heterocycles. The number of benzene rings is 1. The van der Waals surface area contributed by atoms with Crippen molar-refractivity contribution in [3.8, 4) is 17.2 Å². The first-order chi connectivity index (χ1) is 11.6. The summed E-state index contributed by atoms with van der Waals surface area (Å²) in [5.41, 5.74) is 5.27. The third kappa shape index (κ3) is 3.81. The number of piperidine rings is 1.